The van der Waals surface area contributed by atoms with E-state index in [4.69, 9.17) is 17.3 Å². The van der Waals surface area contributed by atoms with Gasteiger partial charge in [-0.05, 0) is 24.6 Å². The molecule has 116 valence electrons. The zero-order valence-corrected chi connectivity index (χ0v) is 12.0. The molecule has 0 aliphatic carbocycles. The summed E-state index contributed by atoms with van der Waals surface area (Å²) in [5, 5.41) is 0.229. The summed E-state index contributed by atoms with van der Waals surface area (Å²) in [5.74, 6) is -3.07. The summed E-state index contributed by atoms with van der Waals surface area (Å²) in [6.07, 6.45) is -4.05. The van der Waals surface area contributed by atoms with Gasteiger partial charge in [0.15, 0.2) is 0 Å². The Bertz CT molecular complexity index is 533. The van der Waals surface area contributed by atoms with Crippen molar-refractivity contribution in [3.8, 4) is 0 Å². The molecule has 0 spiro atoms. The molecule has 0 radical (unpaired) electrons. The van der Waals surface area contributed by atoms with E-state index in [1.807, 2.05) is 0 Å². The lowest BCUT2D eigenvalue weighted by Crippen LogP contribution is -2.63. The summed E-state index contributed by atoms with van der Waals surface area (Å²) in [5.41, 5.74) is 2.33. The van der Waals surface area contributed by atoms with Crippen LogP contribution < -0.4 is 5.73 Å². The molecule has 21 heavy (non-hydrogen) atoms. The first kappa shape index (κ1) is 17.5. The summed E-state index contributed by atoms with van der Waals surface area (Å²) in [4.78, 5) is 11.8. The number of alkyl halides is 3. The first-order valence-corrected chi connectivity index (χ1v) is 6.47. The van der Waals surface area contributed by atoms with Gasteiger partial charge in [0.05, 0.1) is 6.61 Å². The number of benzene rings is 1. The third kappa shape index (κ3) is 3.39. The van der Waals surface area contributed by atoms with Gasteiger partial charge in [0.1, 0.15) is 0 Å². The molecule has 0 fully saturated rings. The predicted octanol–water partition coefficient (Wildman–Crippen LogP) is 3.43. The zero-order chi connectivity index (χ0) is 16.3. The van der Waals surface area contributed by atoms with E-state index in [0.717, 1.165) is 6.08 Å². The average Bonchev–Trinajstić information content (AvgIpc) is 2.38. The summed E-state index contributed by atoms with van der Waals surface area (Å²) >= 11 is 5.78. The number of halogens is 4. The van der Waals surface area contributed by atoms with Crippen molar-refractivity contribution in [2.45, 2.75) is 24.6 Å². The monoisotopic (exact) mass is 321 g/mol. The van der Waals surface area contributed by atoms with Crippen molar-refractivity contribution in [2.75, 3.05) is 6.61 Å². The molecule has 0 amide bonds. The van der Waals surface area contributed by atoms with E-state index < -0.39 is 23.6 Å². The minimum Gasteiger partial charge on any atom is -0.464 e. The molecule has 2 N–H and O–H groups in total. The molecule has 0 aliphatic heterocycles. The molecule has 0 unspecified atom stereocenters. The largest absolute Gasteiger partial charge is 0.464 e. The summed E-state index contributed by atoms with van der Waals surface area (Å²) in [6, 6.07) is 5.67. The van der Waals surface area contributed by atoms with E-state index in [1.54, 1.807) is 0 Å². The number of carbonyl (C=O) groups excluding carboxylic acids is 1. The van der Waals surface area contributed by atoms with Crippen LogP contribution in [-0.4, -0.2) is 24.3 Å². The van der Waals surface area contributed by atoms with Gasteiger partial charge in [-0.3, -0.25) is 0 Å². The van der Waals surface area contributed by atoms with Crippen molar-refractivity contribution >= 4 is 17.6 Å². The Morgan fingerprint density at radius 3 is 2.57 bits per heavy atom. The van der Waals surface area contributed by atoms with Crippen LogP contribution in [0.1, 0.15) is 18.4 Å². The maximum absolute atomic E-state index is 13.4. The molecule has 1 aromatic carbocycles. The SMILES string of the molecule is C=C[C@@H](c1cccc(Cl)c1)[C@@](N)(C(=O)OCC)C(F)(F)F. The number of ether oxygens (including phenoxy) is 1. The topological polar surface area (TPSA) is 52.3 Å². The Balaban J connectivity index is 3.42. The van der Waals surface area contributed by atoms with Crippen molar-refractivity contribution < 1.29 is 22.7 Å². The van der Waals surface area contributed by atoms with Crippen molar-refractivity contribution in [3.05, 3.63) is 47.5 Å². The molecular weight excluding hydrogens is 307 g/mol. The highest BCUT2D eigenvalue weighted by molar-refractivity contribution is 6.30. The van der Waals surface area contributed by atoms with Gasteiger partial charge < -0.3 is 10.5 Å². The lowest BCUT2D eigenvalue weighted by Gasteiger charge is -2.35. The molecule has 3 nitrogen and oxygen atoms in total. The molecule has 0 saturated carbocycles. The van der Waals surface area contributed by atoms with Crippen LogP contribution in [0.4, 0.5) is 13.2 Å². The van der Waals surface area contributed by atoms with Crippen LogP contribution in [0.5, 0.6) is 0 Å². The Labute approximate surface area is 125 Å². The molecule has 1 aromatic rings. The number of carbonyl (C=O) groups is 1. The van der Waals surface area contributed by atoms with E-state index in [0.29, 0.717) is 0 Å². The number of hydrogen-bond acceptors (Lipinski definition) is 3. The summed E-state index contributed by atoms with van der Waals surface area (Å²) < 4.78 is 44.7. The first-order valence-electron chi connectivity index (χ1n) is 6.09. The van der Waals surface area contributed by atoms with Crippen LogP contribution in [0, 0.1) is 0 Å². The van der Waals surface area contributed by atoms with Crippen molar-refractivity contribution in [1.29, 1.82) is 0 Å². The van der Waals surface area contributed by atoms with E-state index >= 15 is 0 Å². The Morgan fingerprint density at radius 2 is 2.14 bits per heavy atom. The van der Waals surface area contributed by atoms with Crippen LogP contribution in [-0.2, 0) is 9.53 Å². The van der Waals surface area contributed by atoms with E-state index in [-0.39, 0.29) is 17.2 Å². The third-order valence-corrected chi connectivity index (χ3v) is 3.25. The molecule has 0 aromatic heterocycles. The average molecular weight is 322 g/mol. The van der Waals surface area contributed by atoms with Gasteiger partial charge in [0, 0.05) is 10.9 Å². The van der Waals surface area contributed by atoms with Crippen molar-refractivity contribution in [2.24, 2.45) is 5.73 Å². The Morgan fingerprint density at radius 1 is 1.52 bits per heavy atom. The maximum Gasteiger partial charge on any atom is 0.418 e. The third-order valence-electron chi connectivity index (χ3n) is 3.02. The molecule has 0 bridgehead atoms. The number of esters is 1. The van der Waals surface area contributed by atoms with Crippen molar-refractivity contribution in [3.63, 3.8) is 0 Å². The fraction of sp³-hybridized carbons (Fsp3) is 0.357. The molecule has 0 heterocycles. The zero-order valence-electron chi connectivity index (χ0n) is 11.3. The highest BCUT2D eigenvalue weighted by Gasteiger charge is 2.63. The van der Waals surface area contributed by atoms with Crippen LogP contribution in [0.2, 0.25) is 5.02 Å². The minimum absolute atomic E-state index is 0.130. The minimum atomic E-state index is -5.01. The number of rotatable bonds is 5. The second kappa shape index (κ2) is 6.49. The standard InChI is InChI=1S/C14H15ClF3NO2/c1-3-11(9-6-5-7-10(15)8-9)13(19,14(16,17)18)12(20)21-4-2/h3,5-8,11H,1,4,19H2,2H3/t11-,13+/m0/s1. The van der Waals surface area contributed by atoms with Gasteiger partial charge in [0.2, 0.25) is 5.54 Å². The normalized spacial score (nSPS) is 15.9. The van der Waals surface area contributed by atoms with Gasteiger partial charge in [-0.2, -0.15) is 13.2 Å². The lowest BCUT2D eigenvalue weighted by molar-refractivity contribution is -0.208. The molecule has 0 saturated heterocycles. The Hall–Kier alpha value is -1.53. The molecular formula is C14H15ClF3NO2. The van der Waals surface area contributed by atoms with E-state index in [2.05, 4.69) is 11.3 Å². The quantitative estimate of drug-likeness (QED) is 0.667. The van der Waals surface area contributed by atoms with Gasteiger partial charge in [-0.1, -0.05) is 29.8 Å². The number of nitrogens with two attached hydrogens (primary N) is 1. The van der Waals surface area contributed by atoms with Gasteiger partial charge in [0.25, 0.3) is 0 Å². The van der Waals surface area contributed by atoms with Crippen molar-refractivity contribution in [1.82, 2.24) is 0 Å². The molecule has 7 heteroatoms. The van der Waals surface area contributed by atoms with E-state index in [9.17, 15) is 18.0 Å². The van der Waals surface area contributed by atoms with E-state index in [1.165, 1.54) is 31.2 Å². The second-order valence-electron chi connectivity index (χ2n) is 4.36. The maximum atomic E-state index is 13.4. The Kier molecular flexibility index (Phi) is 5.42. The van der Waals surface area contributed by atoms with Gasteiger partial charge >= 0.3 is 12.1 Å². The fourth-order valence-electron chi connectivity index (χ4n) is 1.95. The molecule has 0 aliphatic rings. The highest BCUT2D eigenvalue weighted by atomic mass is 35.5. The number of hydrogen-bond donors (Lipinski definition) is 1. The first-order chi connectivity index (χ1) is 9.68. The molecule has 2 atom stereocenters. The van der Waals surface area contributed by atoms with Crippen LogP contribution in [0.3, 0.4) is 0 Å². The second-order valence-corrected chi connectivity index (χ2v) is 4.79. The highest BCUT2D eigenvalue weighted by Crippen LogP contribution is 2.41. The summed E-state index contributed by atoms with van der Waals surface area (Å²) in [6.45, 7) is 4.54. The van der Waals surface area contributed by atoms with Crippen LogP contribution >= 0.6 is 11.6 Å². The smallest absolute Gasteiger partial charge is 0.418 e. The lowest BCUT2D eigenvalue weighted by atomic mass is 9.79. The van der Waals surface area contributed by atoms with Crippen LogP contribution in [0.15, 0.2) is 36.9 Å². The van der Waals surface area contributed by atoms with Gasteiger partial charge in [-0.15, -0.1) is 6.58 Å². The van der Waals surface area contributed by atoms with Gasteiger partial charge in [-0.25, -0.2) is 4.79 Å². The summed E-state index contributed by atoms with van der Waals surface area (Å²) in [7, 11) is 0. The predicted molar refractivity (Wildman–Crippen MR) is 74.0 cm³/mol. The van der Waals surface area contributed by atoms with Crippen LogP contribution in [0.25, 0.3) is 0 Å². The molecule has 1 rings (SSSR count). The fourth-order valence-corrected chi connectivity index (χ4v) is 2.15.